The van der Waals surface area contributed by atoms with Gasteiger partial charge in [-0.2, -0.15) is 0 Å². The molecule has 1 aromatic rings. The lowest BCUT2D eigenvalue weighted by atomic mass is 9.77. The molecule has 84 valence electrons. The number of fused-ring (bicyclic) bond motifs is 1. The zero-order valence-corrected chi connectivity index (χ0v) is 8.80. The van der Waals surface area contributed by atoms with Crippen molar-refractivity contribution in [2.24, 2.45) is 0 Å². The van der Waals surface area contributed by atoms with Crippen LogP contribution in [0.5, 0.6) is 0 Å². The predicted molar refractivity (Wildman–Crippen MR) is 56.6 cm³/mol. The van der Waals surface area contributed by atoms with Crippen molar-refractivity contribution in [1.29, 1.82) is 0 Å². The molecule has 0 spiro atoms. The lowest BCUT2D eigenvalue weighted by molar-refractivity contribution is -0.171. The molecule has 1 aliphatic heterocycles. The number of nitrogens with zero attached hydrogens (tertiary/aromatic N) is 1. The van der Waals surface area contributed by atoms with Gasteiger partial charge in [0.15, 0.2) is 0 Å². The van der Waals surface area contributed by atoms with E-state index in [-0.39, 0.29) is 25.0 Å². The van der Waals surface area contributed by atoms with Gasteiger partial charge in [0, 0.05) is 0 Å². The lowest BCUT2D eigenvalue weighted by Gasteiger charge is -2.31. The van der Waals surface area contributed by atoms with E-state index in [1.165, 1.54) is 10.6 Å². The first kappa shape index (κ1) is 9.81. The number of hydrogen-bond acceptors (Lipinski definition) is 3. The molecule has 4 nitrogen and oxygen atoms in total. The molecule has 0 aromatic heterocycles. The Morgan fingerprint density at radius 2 is 2.25 bits per heavy atom. The SMILES string of the molecule is O=C(C1Cc2ccccc21)N1C[C@H](O)CO1. The van der Waals surface area contributed by atoms with Gasteiger partial charge in [0.25, 0.3) is 5.91 Å². The highest BCUT2D eigenvalue weighted by Gasteiger charge is 2.37. The van der Waals surface area contributed by atoms with Crippen LogP contribution in [0.2, 0.25) is 0 Å². The topological polar surface area (TPSA) is 49.8 Å². The molecule has 1 unspecified atom stereocenters. The van der Waals surface area contributed by atoms with E-state index in [1.807, 2.05) is 24.3 Å². The normalized spacial score (nSPS) is 27.4. The molecule has 2 atom stereocenters. The molecule has 0 bridgehead atoms. The summed E-state index contributed by atoms with van der Waals surface area (Å²) in [6.45, 7) is 0.512. The molecule has 3 rings (SSSR count). The highest BCUT2D eigenvalue weighted by atomic mass is 16.7. The van der Waals surface area contributed by atoms with Gasteiger partial charge in [-0.15, -0.1) is 0 Å². The lowest BCUT2D eigenvalue weighted by Crippen LogP contribution is -2.37. The Labute approximate surface area is 93.4 Å². The molecule has 1 fully saturated rings. The Balaban J connectivity index is 1.75. The number of amides is 1. The van der Waals surface area contributed by atoms with Crippen molar-refractivity contribution in [3.05, 3.63) is 35.4 Å². The summed E-state index contributed by atoms with van der Waals surface area (Å²) in [6.07, 6.45) is 0.240. The van der Waals surface area contributed by atoms with Crippen LogP contribution >= 0.6 is 0 Å². The number of benzene rings is 1. The molecule has 1 saturated heterocycles. The number of hydrogen-bond donors (Lipinski definition) is 1. The Hall–Kier alpha value is -1.39. The van der Waals surface area contributed by atoms with Crippen molar-refractivity contribution in [3.63, 3.8) is 0 Å². The minimum atomic E-state index is -0.542. The van der Waals surface area contributed by atoms with E-state index in [9.17, 15) is 9.90 Å². The number of carbonyl (C=O) groups is 1. The van der Waals surface area contributed by atoms with Gasteiger partial charge in [0.1, 0.15) is 6.61 Å². The van der Waals surface area contributed by atoms with Crippen molar-refractivity contribution in [1.82, 2.24) is 5.06 Å². The summed E-state index contributed by atoms with van der Waals surface area (Å²) in [6, 6.07) is 7.94. The summed E-state index contributed by atoms with van der Waals surface area (Å²) in [5, 5.41) is 10.6. The van der Waals surface area contributed by atoms with Gasteiger partial charge in [0.2, 0.25) is 0 Å². The van der Waals surface area contributed by atoms with E-state index >= 15 is 0 Å². The van der Waals surface area contributed by atoms with E-state index in [0.29, 0.717) is 0 Å². The molecule has 2 aliphatic rings. The predicted octanol–water partition coefficient (Wildman–Crippen LogP) is 0.461. The van der Waals surface area contributed by atoms with Gasteiger partial charge >= 0.3 is 0 Å². The summed E-state index contributed by atoms with van der Waals surface area (Å²) in [4.78, 5) is 17.2. The minimum absolute atomic E-state index is 0.0322. The van der Waals surface area contributed by atoms with E-state index in [0.717, 1.165) is 12.0 Å². The molecule has 1 aromatic carbocycles. The van der Waals surface area contributed by atoms with Gasteiger partial charge in [0.05, 0.1) is 18.6 Å². The summed E-state index contributed by atoms with van der Waals surface area (Å²) < 4.78 is 0. The van der Waals surface area contributed by atoms with E-state index < -0.39 is 6.10 Å². The largest absolute Gasteiger partial charge is 0.389 e. The number of aliphatic hydroxyl groups is 1. The second-order valence-electron chi connectivity index (χ2n) is 4.30. The molecule has 1 aliphatic carbocycles. The van der Waals surface area contributed by atoms with Gasteiger partial charge in [-0.25, -0.2) is 5.06 Å². The van der Waals surface area contributed by atoms with Crippen LogP contribution in [0.1, 0.15) is 17.0 Å². The highest BCUT2D eigenvalue weighted by molar-refractivity contribution is 5.86. The van der Waals surface area contributed by atoms with Gasteiger partial charge in [-0.05, 0) is 17.5 Å². The zero-order valence-electron chi connectivity index (χ0n) is 8.80. The zero-order chi connectivity index (χ0) is 11.1. The van der Waals surface area contributed by atoms with Crippen LogP contribution in [0, 0.1) is 0 Å². The minimum Gasteiger partial charge on any atom is -0.389 e. The van der Waals surface area contributed by atoms with Crippen molar-refractivity contribution in [2.75, 3.05) is 13.2 Å². The van der Waals surface area contributed by atoms with Crippen molar-refractivity contribution in [2.45, 2.75) is 18.4 Å². The molecule has 1 N–H and O–H groups in total. The fraction of sp³-hybridized carbons (Fsp3) is 0.417. The summed E-state index contributed by atoms with van der Waals surface area (Å²) in [5.74, 6) is -0.114. The number of rotatable bonds is 1. The van der Waals surface area contributed by atoms with E-state index in [2.05, 4.69) is 0 Å². The average molecular weight is 219 g/mol. The van der Waals surface area contributed by atoms with Crippen LogP contribution in [0.15, 0.2) is 24.3 Å². The third-order valence-corrected chi connectivity index (χ3v) is 3.20. The maximum atomic E-state index is 12.0. The van der Waals surface area contributed by atoms with Crippen LogP contribution in [-0.2, 0) is 16.1 Å². The Morgan fingerprint density at radius 3 is 2.94 bits per heavy atom. The highest BCUT2D eigenvalue weighted by Crippen LogP contribution is 2.36. The number of hydroxylamine groups is 2. The average Bonchev–Trinajstić information content (AvgIpc) is 2.67. The molecule has 4 heteroatoms. The Morgan fingerprint density at radius 1 is 1.44 bits per heavy atom. The Kier molecular flexibility index (Phi) is 2.19. The van der Waals surface area contributed by atoms with Gasteiger partial charge in [-0.3, -0.25) is 9.63 Å². The quantitative estimate of drug-likeness (QED) is 0.746. The first-order chi connectivity index (χ1) is 7.75. The first-order valence-corrected chi connectivity index (χ1v) is 5.46. The van der Waals surface area contributed by atoms with Crippen molar-refractivity contribution < 1.29 is 14.7 Å². The molecule has 1 heterocycles. The summed E-state index contributed by atoms with van der Waals surface area (Å²) >= 11 is 0. The van der Waals surface area contributed by atoms with Crippen molar-refractivity contribution >= 4 is 5.91 Å². The number of carbonyl (C=O) groups excluding carboxylic acids is 1. The van der Waals surface area contributed by atoms with E-state index in [4.69, 9.17) is 4.84 Å². The van der Waals surface area contributed by atoms with Gasteiger partial charge in [-0.1, -0.05) is 24.3 Å². The maximum absolute atomic E-state index is 12.0. The Bertz CT molecular complexity index is 432. The number of aliphatic hydroxyl groups excluding tert-OH is 1. The summed E-state index contributed by atoms with van der Waals surface area (Å²) in [5.41, 5.74) is 2.33. The molecule has 0 radical (unpaired) electrons. The first-order valence-electron chi connectivity index (χ1n) is 5.46. The van der Waals surface area contributed by atoms with Crippen LogP contribution in [0.4, 0.5) is 0 Å². The number of β-amino-alcohol motifs (C(OH)–C–C–N with tert-alkyl or cyclic N) is 1. The smallest absolute Gasteiger partial charge is 0.254 e. The molecule has 0 saturated carbocycles. The maximum Gasteiger partial charge on any atom is 0.254 e. The van der Waals surface area contributed by atoms with E-state index in [1.54, 1.807) is 0 Å². The fourth-order valence-electron chi connectivity index (χ4n) is 2.28. The molecule has 1 amide bonds. The molecular formula is C12H13NO3. The molecule has 16 heavy (non-hydrogen) atoms. The second-order valence-corrected chi connectivity index (χ2v) is 4.30. The second kappa shape index (κ2) is 3.57. The summed E-state index contributed by atoms with van der Waals surface area (Å²) in [7, 11) is 0. The fourth-order valence-corrected chi connectivity index (χ4v) is 2.28. The standard InChI is InChI=1S/C12H13NO3/c14-9-6-13(16-7-9)12(15)11-5-8-3-1-2-4-10(8)11/h1-4,9,11,14H,5-7H2/t9-,11?/m0/s1. The van der Waals surface area contributed by atoms with Crippen LogP contribution in [0.3, 0.4) is 0 Å². The third kappa shape index (κ3) is 1.42. The van der Waals surface area contributed by atoms with Crippen molar-refractivity contribution in [3.8, 4) is 0 Å². The van der Waals surface area contributed by atoms with Crippen LogP contribution in [-0.4, -0.2) is 35.3 Å². The van der Waals surface area contributed by atoms with Gasteiger partial charge < -0.3 is 5.11 Å². The van der Waals surface area contributed by atoms with Crippen LogP contribution < -0.4 is 0 Å². The van der Waals surface area contributed by atoms with Crippen LogP contribution in [0.25, 0.3) is 0 Å². The monoisotopic (exact) mass is 219 g/mol. The third-order valence-electron chi connectivity index (χ3n) is 3.20. The molecular weight excluding hydrogens is 206 g/mol.